The summed E-state index contributed by atoms with van der Waals surface area (Å²) in [5.41, 5.74) is 2.20. The van der Waals surface area contributed by atoms with E-state index in [0.717, 1.165) is 17.4 Å². The first-order valence-electron chi connectivity index (χ1n) is 7.94. The fourth-order valence-corrected chi connectivity index (χ4v) is 3.31. The molecule has 1 aliphatic carbocycles. The van der Waals surface area contributed by atoms with Gasteiger partial charge in [-0.2, -0.15) is 5.26 Å². The molecule has 1 aromatic rings. The number of rotatable bonds is 5. The number of nitriles is 1. The molecule has 1 aliphatic rings. The van der Waals surface area contributed by atoms with Crippen molar-refractivity contribution < 1.29 is 0 Å². The summed E-state index contributed by atoms with van der Waals surface area (Å²) in [6.07, 6.45) is 13.8. The van der Waals surface area contributed by atoms with Crippen molar-refractivity contribution in [3.8, 4) is 6.07 Å². The van der Waals surface area contributed by atoms with Gasteiger partial charge in [0.15, 0.2) is 0 Å². The van der Waals surface area contributed by atoms with Gasteiger partial charge in [0.25, 0.3) is 0 Å². The summed E-state index contributed by atoms with van der Waals surface area (Å²) in [6, 6.07) is 10.4. The maximum absolute atomic E-state index is 8.84. The Kier molecular flexibility index (Phi) is 5.87. The smallest absolute Gasteiger partial charge is 0.0991 e. The maximum Gasteiger partial charge on any atom is 0.0991 e. The Labute approximate surface area is 123 Å². The minimum atomic E-state index is 0.717. The highest BCUT2D eigenvalue weighted by Crippen LogP contribution is 2.37. The molecule has 2 rings (SSSR count). The molecule has 1 nitrogen and oxygen atoms in total. The summed E-state index contributed by atoms with van der Waals surface area (Å²) >= 11 is 0. The van der Waals surface area contributed by atoms with Gasteiger partial charge < -0.3 is 0 Å². The van der Waals surface area contributed by atoms with Crippen LogP contribution in [0, 0.1) is 17.2 Å². The lowest BCUT2D eigenvalue weighted by Gasteiger charge is -2.28. The van der Waals surface area contributed by atoms with Crippen LogP contribution in [0.3, 0.4) is 0 Å². The van der Waals surface area contributed by atoms with Crippen molar-refractivity contribution in [3.05, 3.63) is 47.5 Å². The molecule has 0 radical (unpaired) electrons. The second-order valence-corrected chi connectivity index (χ2v) is 5.95. The largest absolute Gasteiger partial charge is 0.192 e. The lowest BCUT2D eigenvalue weighted by atomic mass is 9.77. The van der Waals surface area contributed by atoms with E-state index >= 15 is 0 Å². The molecule has 0 heterocycles. The summed E-state index contributed by atoms with van der Waals surface area (Å²) < 4.78 is 0. The Morgan fingerprint density at radius 3 is 2.45 bits per heavy atom. The molecule has 0 aliphatic heterocycles. The van der Waals surface area contributed by atoms with Crippen molar-refractivity contribution in [1.29, 1.82) is 5.26 Å². The van der Waals surface area contributed by atoms with E-state index in [1.165, 1.54) is 50.5 Å². The minimum absolute atomic E-state index is 0.717. The lowest BCUT2D eigenvalue weighted by molar-refractivity contribution is 0.305. The zero-order valence-electron chi connectivity index (χ0n) is 12.5. The van der Waals surface area contributed by atoms with Crippen molar-refractivity contribution in [3.63, 3.8) is 0 Å². The quantitative estimate of drug-likeness (QED) is 0.504. The van der Waals surface area contributed by atoms with Gasteiger partial charge in [0.05, 0.1) is 11.6 Å². The number of hydrogen-bond acceptors (Lipinski definition) is 1. The summed E-state index contributed by atoms with van der Waals surface area (Å²) in [4.78, 5) is 0. The third-order valence-electron chi connectivity index (χ3n) is 4.58. The molecule has 0 N–H and O–H groups in total. The molecule has 1 heteroatoms. The summed E-state index contributed by atoms with van der Waals surface area (Å²) in [6.45, 7) is 2.10. The fourth-order valence-electron chi connectivity index (χ4n) is 3.31. The van der Waals surface area contributed by atoms with Crippen LogP contribution in [0.2, 0.25) is 0 Å². The van der Waals surface area contributed by atoms with Crippen molar-refractivity contribution >= 4 is 0 Å². The summed E-state index contributed by atoms with van der Waals surface area (Å²) in [5, 5.41) is 8.84. The highest BCUT2D eigenvalue weighted by atomic mass is 14.3. The number of nitrogens with zero attached hydrogens (tertiary/aromatic N) is 1. The maximum atomic E-state index is 8.84. The first-order chi connectivity index (χ1) is 9.83. The molecule has 0 atom stereocenters. The van der Waals surface area contributed by atoms with E-state index in [9.17, 15) is 0 Å². The van der Waals surface area contributed by atoms with Gasteiger partial charge in [0.1, 0.15) is 0 Å². The highest BCUT2D eigenvalue weighted by molar-refractivity contribution is 5.33. The predicted octanol–water partition coefficient (Wildman–Crippen LogP) is 5.58. The van der Waals surface area contributed by atoms with Crippen LogP contribution in [0.15, 0.2) is 36.4 Å². The third kappa shape index (κ3) is 4.23. The molecular formula is C19H25N. The fraction of sp³-hybridized carbons (Fsp3) is 0.526. The van der Waals surface area contributed by atoms with E-state index in [1.54, 1.807) is 0 Å². The van der Waals surface area contributed by atoms with Crippen molar-refractivity contribution in [2.75, 3.05) is 0 Å². The van der Waals surface area contributed by atoms with Crippen molar-refractivity contribution in [2.24, 2.45) is 5.92 Å². The molecule has 1 fully saturated rings. The molecule has 106 valence electrons. The summed E-state index contributed by atoms with van der Waals surface area (Å²) in [5.74, 6) is 1.66. The Hall–Kier alpha value is -1.55. The molecule has 1 aromatic carbocycles. The molecule has 1 saturated carbocycles. The van der Waals surface area contributed by atoms with E-state index in [1.807, 2.05) is 12.1 Å². The van der Waals surface area contributed by atoms with Crippen LogP contribution in [0.4, 0.5) is 0 Å². The van der Waals surface area contributed by atoms with Gasteiger partial charge in [-0.3, -0.25) is 0 Å². The van der Waals surface area contributed by atoms with E-state index in [0.29, 0.717) is 0 Å². The van der Waals surface area contributed by atoms with E-state index < -0.39 is 0 Å². The zero-order chi connectivity index (χ0) is 14.2. The Balaban J connectivity index is 1.77. The van der Waals surface area contributed by atoms with Gasteiger partial charge in [-0.15, -0.1) is 0 Å². The van der Waals surface area contributed by atoms with Crippen molar-refractivity contribution in [1.82, 2.24) is 0 Å². The third-order valence-corrected chi connectivity index (χ3v) is 4.58. The molecule has 0 bridgehead atoms. The molecule has 0 unspecified atom stereocenters. The monoisotopic (exact) mass is 267 g/mol. The lowest BCUT2D eigenvalue weighted by Crippen LogP contribution is -2.13. The minimum Gasteiger partial charge on any atom is -0.192 e. The number of hydrogen-bond donors (Lipinski definition) is 0. The van der Waals surface area contributed by atoms with Crippen LogP contribution >= 0.6 is 0 Å². The topological polar surface area (TPSA) is 23.8 Å². The molecule has 0 saturated heterocycles. The van der Waals surface area contributed by atoms with E-state index in [4.69, 9.17) is 5.26 Å². The van der Waals surface area contributed by atoms with Crippen LogP contribution in [-0.4, -0.2) is 0 Å². The van der Waals surface area contributed by atoms with E-state index in [2.05, 4.69) is 37.3 Å². The second-order valence-electron chi connectivity index (χ2n) is 5.95. The van der Waals surface area contributed by atoms with Gasteiger partial charge in [-0.05, 0) is 75.0 Å². The van der Waals surface area contributed by atoms with Crippen molar-refractivity contribution in [2.45, 2.75) is 57.8 Å². The number of allylic oxidation sites excluding steroid dienone is 2. The molecule has 0 spiro atoms. The van der Waals surface area contributed by atoms with Gasteiger partial charge in [0, 0.05) is 0 Å². The van der Waals surface area contributed by atoms with Crippen LogP contribution in [0.5, 0.6) is 0 Å². The highest BCUT2D eigenvalue weighted by Gasteiger charge is 2.21. The number of unbranched alkanes of at least 4 members (excludes halogenated alkanes) is 1. The van der Waals surface area contributed by atoms with Crippen LogP contribution < -0.4 is 0 Å². The van der Waals surface area contributed by atoms with E-state index in [-0.39, 0.29) is 0 Å². The van der Waals surface area contributed by atoms with Gasteiger partial charge in [0.2, 0.25) is 0 Å². The Bertz CT molecular complexity index is 456. The average molecular weight is 267 g/mol. The Morgan fingerprint density at radius 2 is 1.85 bits per heavy atom. The molecular weight excluding hydrogens is 242 g/mol. The molecule has 20 heavy (non-hydrogen) atoms. The first-order valence-corrected chi connectivity index (χ1v) is 7.94. The van der Waals surface area contributed by atoms with Crippen LogP contribution in [0.25, 0.3) is 0 Å². The average Bonchev–Trinajstić information content (AvgIpc) is 2.52. The number of benzene rings is 1. The zero-order valence-corrected chi connectivity index (χ0v) is 12.5. The SMILES string of the molecule is CC=CCCC[C@H]1CC[C@H](c2ccc(C#N)cc2)CC1. The Morgan fingerprint density at radius 1 is 1.15 bits per heavy atom. The van der Waals surface area contributed by atoms with Gasteiger partial charge in [-0.1, -0.05) is 30.7 Å². The molecule has 0 aromatic heterocycles. The van der Waals surface area contributed by atoms with Gasteiger partial charge in [-0.25, -0.2) is 0 Å². The van der Waals surface area contributed by atoms with Gasteiger partial charge >= 0.3 is 0 Å². The predicted molar refractivity (Wildman–Crippen MR) is 84.5 cm³/mol. The second kappa shape index (κ2) is 7.90. The standard InChI is InChI=1S/C19H25N/c1-2-3-4-5-6-16-7-11-18(12-8-16)19-13-9-17(15-20)10-14-19/h2-3,9-10,13-14,16,18H,4-8,11-12H2,1H3/t16-,18-. The summed E-state index contributed by atoms with van der Waals surface area (Å²) in [7, 11) is 0. The normalized spacial score (nSPS) is 22.8. The first kappa shape index (κ1) is 14.9. The van der Waals surface area contributed by atoms with Crippen LogP contribution in [0.1, 0.15) is 68.9 Å². The van der Waals surface area contributed by atoms with Crippen LogP contribution in [-0.2, 0) is 0 Å². The molecule has 0 amide bonds.